The first-order chi connectivity index (χ1) is 11.3. The Bertz CT molecular complexity index is 811. The number of thioether (sulfide) groups is 1. The summed E-state index contributed by atoms with van der Waals surface area (Å²) in [5, 5.41) is 11.2. The molecule has 0 spiro atoms. The molecule has 0 fully saturated rings. The summed E-state index contributed by atoms with van der Waals surface area (Å²) in [5.41, 5.74) is 1.19. The molecule has 1 heterocycles. The van der Waals surface area contributed by atoms with Gasteiger partial charge in [0.2, 0.25) is 0 Å². The van der Waals surface area contributed by atoms with Gasteiger partial charge in [0.05, 0.1) is 11.1 Å². The largest absolute Gasteiger partial charge is 0.338 e. The van der Waals surface area contributed by atoms with Crippen LogP contribution in [0.15, 0.2) is 35.2 Å². The maximum Gasteiger partial charge on any atom is 0.255 e. The molecule has 0 saturated carbocycles. The average molecular weight is 324 g/mol. The number of nitrogens with zero attached hydrogens (tertiary/aromatic N) is 2. The van der Waals surface area contributed by atoms with Crippen molar-refractivity contribution in [2.75, 3.05) is 18.8 Å². The van der Waals surface area contributed by atoms with E-state index in [0.717, 1.165) is 27.7 Å². The van der Waals surface area contributed by atoms with E-state index < -0.39 is 0 Å². The second-order valence-electron chi connectivity index (χ2n) is 5.41. The van der Waals surface area contributed by atoms with Crippen LogP contribution in [0.5, 0.6) is 0 Å². The smallest absolute Gasteiger partial charge is 0.255 e. The molecular formula is C18H16N2O2S. The minimum absolute atomic E-state index is 0.0378. The molecule has 2 aromatic carbocycles. The first-order valence-electron chi connectivity index (χ1n) is 7.58. The third kappa shape index (κ3) is 2.95. The molecule has 23 heavy (non-hydrogen) atoms. The number of carbonyl (C=O) groups is 2. The Kier molecular flexibility index (Phi) is 4.63. The number of nitriles is 1. The zero-order valence-electron chi connectivity index (χ0n) is 12.6. The van der Waals surface area contributed by atoms with Crippen LogP contribution in [-0.4, -0.2) is 35.9 Å². The van der Waals surface area contributed by atoms with E-state index in [-0.39, 0.29) is 5.91 Å². The number of unbranched alkanes of at least 4 members (excludes halogenated alkanes) is 1. The van der Waals surface area contributed by atoms with Crippen molar-refractivity contribution < 1.29 is 9.59 Å². The van der Waals surface area contributed by atoms with E-state index in [2.05, 4.69) is 6.07 Å². The Hall–Kier alpha value is -2.32. The third-order valence-corrected chi connectivity index (χ3v) is 5.08. The SMILES string of the molecule is N#Cc1cc2ccccc2c2c1SCCN(CCCC=O)C2=O. The van der Waals surface area contributed by atoms with Crippen molar-refractivity contribution in [3.63, 3.8) is 0 Å². The van der Waals surface area contributed by atoms with Crippen molar-refractivity contribution in [3.8, 4) is 6.07 Å². The summed E-state index contributed by atoms with van der Waals surface area (Å²) in [6.07, 6.45) is 2.02. The van der Waals surface area contributed by atoms with Gasteiger partial charge in [-0.3, -0.25) is 4.79 Å². The van der Waals surface area contributed by atoms with Crippen molar-refractivity contribution in [3.05, 3.63) is 41.5 Å². The normalized spacial score (nSPS) is 14.2. The summed E-state index contributed by atoms with van der Waals surface area (Å²) in [6, 6.07) is 11.8. The van der Waals surface area contributed by atoms with Gasteiger partial charge in [0, 0.05) is 30.2 Å². The highest BCUT2D eigenvalue weighted by Crippen LogP contribution is 2.36. The van der Waals surface area contributed by atoms with Crippen molar-refractivity contribution in [1.82, 2.24) is 4.90 Å². The average Bonchev–Trinajstić information content (AvgIpc) is 2.74. The molecule has 1 aliphatic rings. The Morgan fingerprint density at radius 3 is 2.96 bits per heavy atom. The highest BCUT2D eigenvalue weighted by molar-refractivity contribution is 7.99. The fourth-order valence-corrected chi connectivity index (χ4v) is 3.99. The van der Waals surface area contributed by atoms with E-state index in [1.807, 2.05) is 30.3 Å². The first kappa shape index (κ1) is 15.6. The molecule has 1 aliphatic heterocycles. The first-order valence-corrected chi connectivity index (χ1v) is 8.56. The molecule has 0 bridgehead atoms. The topological polar surface area (TPSA) is 61.2 Å². The molecular weight excluding hydrogens is 308 g/mol. The van der Waals surface area contributed by atoms with Gasteiger partial charge in [-0.1, -0.05) is 24.3 Å². The van der Waals surface area contributed by atoms with Crippen molar-refractivity contribution in [1.29, 1.82) is 5.26 Å². The number of benzene rings is 2. The summed E-state index contributed by atoms with van der Waals surface area (Å²) in [5.74, 6) is 0.719. The number of hydrogen-bond donors (Lipinski definition) is 0. The quantitative estimate of drug-likeness (QED) is 0.640. The molecule has 2 aromatic rings. The van der Waals surface area contributed by atoms with Gasteiger partial charge in [-0.15, -0.1) is 11.8 Å². The lowest BCUT2D eigenvalue weighted by atomic mass is 10.00. The van der Waals surface area contributed by atoms with Gasteiger partial charge in [-0.25, -0.2) is 0 Å². The molecule has 0 atom stereocenters. The molecule has 4 nitrogen and oxygen atoms in total. The summed E-state index contributed by atoms with van der Waals surface area (Å²) >= 11 is 1.57. The lowest BCUT2D eigenvalue weighted by Crippen LogP contribution is -2.33. The molecule has 1 amide bonds. The summed E-state index contributed by atoms with van der Waals surface area (Å²) in [6.45, 7) is 1.21. The van der Waals surface area contributed by atoms with Crippen LogP contribution in [0.2, 0.25) is 0 Å². The third-order valence-electron chi connectivity index (χ3n) is 3.98. The molecule has 116 valence electrons. The van der Waals surface area contributed by atoms with Gasteiger partial charge in [0.1, 0.15) is 12.4 Å². The molecule has 0 aromatic heterocycles. The predicted molar refractivity (Wildman–Crippen MR) is 90.6 cm³/mol. The molecule has 0 radical (unpaired) electrons. The molecule has 3 rings (SSSR count). The Balaban J connectivity index is 2.11. The maximum absolute atomic E-state index is 13.0. The van der Waals surface area contributed by atoms with Gasteiger partial charge >= 0.3 is 0 Å². The fraction of sp³-hybridized carbons (Fsp3) is 0.278. The van der Waals surface area contributed by atoms with E-state index in [1.54, 1.807) is 16.7 Å². The molecule has 0 unspecified atom stereocenters. The highest BCUT2D eigenvalue weighted by atomic mass is 32.2. The molecule has 0 saturated heterocycles. The van der Waals surface area contributed by atoms with Gasteiger partial charge in [0.15, 0.2) is 0 Å². The van der Waals surface area contributed by atoms with Gasteiger partial charge in [0.25, 0.3) is 5.91 Å². The number of hydrogen-bond acceptors (Lipinski definition) is 4. The van der Waals surface area contributed by atoms with Crippen LogP contribution < -0.4 is 0 Å². The van der Waals surface area contributed by atoms with Crippen LogP contribution in [0, 0.1) is 11.3 Å². The zero-order chi connectivity index (χ0) is 16.2. The monoisotopic (exact) mass is 324 g/mol. The maximum atomic E-state index is 13.0. The Labute approximate surface area is 139 Å². The van der Waals surface area contributed by atoms with Gasteiger partial charge in [-0.2, -0.15) is 5.26 Å². The van der Waals surface area contributed by atoms with Crippen molar-refractivity contribution in [2.45, 2.75) is 17.7 Å². The Morgan fingerprint density at radius 1 is 1.35 bits per heavy atom. The lowest BCUT2D eigenvalue weighted by Gasteiger charge is -2.21. The predicted octanol–water partition coefficient (Wildman–Crippen LogP) is 3.24. The zero-order valence-corrected chi connectivity index (χ0v) is 13.4. The van der Waals surface area contributed by atoms with Crippen LogP contribution in [0.1, 0.15) is 28.8 Å². The molecule has 0 aliphatic carbocycles. The van der Waals surface area contributed by atoms with Crippen LogP contribution in [0.3, 0.4) is 0 Å². The lowest BCUT2D eigenvalue weighted by molar-refractivity contribution is -0.108. The second-order valence-corrected chi connectivity index (χ2v) is 6.52. The summed E-state index contributed by atoms with van der Waals surface area (Å²) in [4.78, 5) is 26.1. The van der Waals surface area contributed by atoms with Crippen LogP contribution >= 0.6 is 11.8 Å². The highest BCUT2D eigenvalue weighted by Gasteiger charge is 2.26. The minimum Gasteiger partial charge on any atom is -0.338 e. The van der Waals surface area contributed by atoms with E-state index >= 15 is 0 Å². The Morgan fingerprint density at radius 2 is 2.17 bits per heavy atom. The minimum atomic E-state index is -0.0378. The molecule has 0 N–H and O–H groups in total. The number of amides is 1. The van der Waals surface area contributed by atoms with Crippen LogP contribution in [0.4, 0.5) is 0 Å². The summed E-state index contributed by atoms with van der Waals surface area (Å²) < 4.78 is 0. The van der Waals surface area contributed by atoms with Crippen molar-refractivity contribution >= 4 is 34.7 Å². The number of aldehydes is 1. The number of rotatable bonds is 4. The van der Waals surface area contributed by atoms with Crippen LogP contribution in [-0.2, 0) is 4.79 Å². The fourth-order valence-electron chi connectivity index (χ4n) is 2.87. The standard InChI is InChI=1S/C18H16N2O2S/c19-12-14-11-13-5-1-2-6-15(13)16-17(14)23-10-8-20(18(16)22)7-3-4-9-21/h1-2,5-6,9,11H,3-4,7-8,10H2. The second kappa shape index (κ2) is 6.84. The number of carbonyl (C=O) groups excluding carboxylic acids is 2. The summed E-state index contributed by atoms with van der Waals surface area (Å²) in [7, 11) is 0. The van der Waals surface area contributed by atoms with Gasteiger partial charge in [-0.05, 0) is 23.3 Å². The van der Waals surface area contributed by atoms with E-state index in [0.29, 0.717) is 37.1 Å². The van der Waals surface area contributed by atoms with E-state index in [4.69, 9.17) is 0 Å². The molecule has 5 heteroatoms. The number of fused-ring (bicyclic) bond motifs is 3. The van der Waals surface area contributed by atoms with Crippen molar-refractivity contribution in [2.24, 2.45) is 0 Å². The van der Waals surface area contributed by atoms with E-state index in [1.165, 1.54) is 0 Å². The van der Waals surface area contributed by atoms with Gasteiger partial charge < -0.3 is 9.69 Å². The van der Waals surface area contributed by atoms with E-state index in [9.17, 15) is 14.9 Å². The van der Waals surface area contributed by atoms with Crippen LogP contribution in [0.25, 0.3) is 10.8 Å².